The second-order valence-electron chi connectivity index (χ2n) is 8.77. The molecule has 0 fully saturated rings. The van der Waals surface area contributed by atoms with E-state index in [0.717, 1.165) is 32.7 Å². The zero-order valence-corrected chi connectivity index (χ0v) is 21.0. The molecule has 4 heteroatoms. The lowest BCUT2D eigenvalue weighted by Crippen LogP contribution is -2.25. The summed E-state index contributed by atoms with van der Waals surface area (Å²) in [4.78, 5) is 26.3. The normalized spacial score (nSPS) is 13.7. The first-order valence-electron chi connectivity index (χ1n) is 11.2. The van der Waals surface area contributed by atoms with Gasteiger partial charge in [-0.05, 0) is 61.4 Å². The van der Waals surface area contributed by atoms with Crippen LogP contribution in [-0.2, 0) is 0 Å². The van der Waals surface area contributed by atoms with Crippen LogP contribution >= 0.6 is 23.5 Å². The zero-order chi connectivity index (χ0) is 23.6. The van der Waals surface area contributed by atoms with Crippen molar-refractivity contribution in [1.29, 1.82) is 0 Å². The molecule has 0 aliphatic carbocycles. The molecule has 0 saturated carbocycles. The maximum Gasteiger partial charge on any atom is 0.175 e. The summed E-state index contributed by atoms with van der Waals surface area (Å²) in [5.74, 6) is 0.237. The summed E-state index contributed by atoms with van der Waals surface area (Å²) < 4.78 is -0.294. The van der Waals surface area contributed by atoms with Crippen LogP contribution in [-0.4, -0.2) is 26.1 Å². The van der Waals surface area contributed by atoms with Crippen LogP contribution in [0.2, 0.25) is 0 Å². The number of rotatable bonds is 8. The minimum atomic E-state index is -0.294. The number of hydrogen-bond donors (Lipinski definition) is 0. The van der Waals surface area contributed by atoms with Crippen molar-refractivity contribution in [3.8, 4) is 0 Å². The summed E-state index contributed by atoms with van der Waals surface area (Å²) in [5, 5.41) is 3.98. The van der Waals surface area contributed by atoms with Gasteiger partial charge in [0.15, 0.2) is 11.6 Å². The Balaban J connectivity index is 1.43. The minimum Gasteiger partial charge on any atom is -0.293 e. The van der Waals surface area contributed by atoms with Gasteiger partial charge in [-0.25, -0.2) is 0 Å². The monoisotopic (exact) mass is 472 g/mol. The maximum absolute atomic E-state index is 13.1. The third kappa shape index (κ3) is 5.51. The number of fused-ring (bicyclic) bond motifs is 2. The Morgan fingerprint density at radius 1 is 0.606 bits per heavy atom. The predicted molar refractivity (Wildman–Crippen MR) is 145 cm³/mol. The number of hydrogen-bond acceptors (Lipinski definition) is 4. The molecule has 168 valence electrons. The van der Waals surface area contributed by atoms with Crippen molar-refractivity contribution >= 4 is 56.6 Å². The van der Waals surface area contributed by atoms with Crippen LogP contribution in [0.3, 0.4) is 0 Å². The number of carbonyl (C=O) groups excluding carboxylic acids is 2. The first-order valence-corrected chi connectivity index (χ1v) is 12.9. The lowest BCUT2D eigenvalue weighted by Gasteiger charge is -2.29. The molecule has 2 atom stereocenters. The van der Waals surface area contributed by atoms with Gasteiger partial charge in [0.25, 0.3) is 0 Å². The minimum absolute atomic E-state index is 0.118. The smallest absolute Gasteiger partial charge is 0.175 e. The predicted octanol–water partition coefficient (Wildman–Crippen LogP) is 8.04. The third-order valence-electron chi connectivity index (χ3n) is 5.73. The Bertz CT molecular complexity index is 1220. The highest BCUT2D eigenvalue weighted by Gasteiger charge is 2.31. The molecule has 0 bridgehead atoms. The summed E-state index contributed by atoms with van der Waals surface area (Å²) in [6, 6.07) is 27.9. The molecule has 2 nitrogen and oxygen atoms in total. The van der Waals surface area contributed by atoms with E-state index in [2.05, 4.69) is 26.0 Å². The summed E-state index contributed by atoms with van der Waals surface area (Å²) in [6.07, 6.45) is 0. The van der Waals surface area contributed by atoms with Gasteiger partial charge >= 0.3 is 0 Å². The topological polar surface area (TPSA) is 34.1 Å². The van der Waals surface area contributed by atoms with E-state index in [1.807, 2.05) is 86.6 Å². The van der Waals surface area contributed by atoms with Crippen molar-refractivity contribution in [3.63, 3.8) is 0 Å². The Morgan fingerprint density at radius 2 is 0.970 bits per heavy atom. The third-order valence-corrected chi connectivity index (χ3v) is 8.58. The highest BCUT2D eigenvalue weighted by Crippen LogP contribution is 2.43. The van der Waals surface area contributed by atoms with E-state index in [4.69, 9.17) is 0 Å². The van der Waals surface area contributed by atoms with E-state index in [-0.39, 0.29) is 26.1 Å². The Morgan fingerprint density at radius 3 is 1.36 bits per heavy atom. The number of thioether (sulfide) groups is 2. The summed E-state index contributed by atoms with van der Waals surface area (Å²) in [6.45, 7) is 8.11. The van der Waals surface area contributed by atoms with Crippen LogP contribution in [0.15, 0.2) is 84.9 Å². The van der Waals surface area contributed by atoms with E-state index in [0.29, 0.717) is 0 Å². The van der Waals surface area contributed by atoms with Crippen LogP contribution in [0.5, 0.6) is 0 Å². The molecule has 0 aliphatic rings. The van der Waals surface area contributed by atoms with Gasteiger partial charge in [-0.3, -0.25) is 9.59 Å². The van der Waals surface area contributed by atoms with Gasteiger partial charge in [-0.1, -0.05) is 72.8 Å². The Hall–Kier alpha value is -2.56. The second-order valence-corrected chi connectivity index (χ2v) is 13.0. The lowest BCUT2D eigenvalue weighted by molar-refractivity contribution is 0.0987. The molecule has 0 spiro atoms. The van der Waals surface area contributed by atoms with Crippen molar-refractivity contribution in [2.45, 2.75) is 42.3 Å². The van der Waals surface area contributed by atoms with E-state index in [1.165, 1.54) is 0 Å². The SMILES string of the molecule is CC(SC(C)(C)SC(C)C(=O)c1ccc2ccccc2c1)C(=O)c1ccc2ccccc2c1. The average molecular weight is 473 g/mol. The maximum atomic E-state index is 13.1. The molecule has 0 saturated heterocycles. The summed E-state index contributed by atoms with van der Waals surface area (Å²) >= 11 is 3.23. The lowest BCUT2D eigenvalue weighted by atomic mass is 10.0. The van der Waals surface area contributed by atoms with Gasteiger partial charge in [0.2, 0.25) is 0 Å². The van der Waals surface area contributed by atoms with Gasteiger partial charge < -0.3 is 0 Å². The van der Waals surface area contributed by atoms with Crippen molar-refractivity contribution < 1.29 is 9.59 Å². The number of Topliss-reactive ketones (excluding diaryl/α,β-unsaturated/α-hetero) is 2. The molecule has 0 heterocycles. The summed E-state index contributed by atoms with van der Waals surface area (Å²) in [7, 11) is 0. The van der Waals surface area contributed by atoms with Gasteiger partial charge in [0, 0.05) is 11.1 Å². The molecule has 2 unspecified atom stereocenters. The van der Waals surface area contributed by atoms with Gasteiger partial charge in [-0.2, -0.15) is 0 Å². The summed E-state index contributed by atoms with van der Waals surface area (Å²) in [5.41, 5.74) is 1.46. The van der Waals surface area contributed by atoms with E-state index in [9.17, 15) is 9.59 Å². The molecule has 4 rings (SSSR count). The van der Waals surface area contributed by atoms with E-state index in [1.54, 1.807) is 23.5 Å². The van der Waals surface area contributed by atoms with Gasteiger partial charge in [-0.15, -0.1) is 23.5 Å². The average Bonchev–Trinajstić information content (AvgIpc) is 2.81. The van der Waals surface area contributed by atoms with Gasteiger partial charge in [0.05, 0.1) is 14.6 Å². The molecular formula is C29H28O2S2. The number of benzene rings is 4. The number of ketones is 2. The van der Waals surface area contributed by atoms with Crippen LogP contribution in [0.1, 0.15) is 48.4 Å². The fourth-order valence-electron chi connectivity index (χ4n) is 4.14. The highest BCUT2D eigenvalue weighted by molar-refractivity contribution is 8.19. The molecular weight excluding hydrogens is 444 g/mol. The van der Waals surface area contributed by atoms with Crippen LogP contribution in [0, 0.1) is 0 Å². The van der Waals surface area contributed by atoms with Crippen LogP contribution < -0.4 is 0 Å². The molecule has 4 aromatic rings. The zero-order valence-electron chi connectivity index (χ0n) is 19.4. The Labute approximate surface area is 204 Å². The van der Waals surface area contributed by atoms with Crippen LogP contribution in [0.4, 0.5) is 0 Å². The fraction of sp³-hybridized carbons (Fsp3) is 0.241. The van der Waals surface area contributed by atoms with Crippen molar-refractivity contribution in [2.24, 2.45) is 0 Å². The molecule has 4 aromatic carbocycles. The molecule has 0 aliphatic heterocycles. The molecule has 0 radical (unpaired) electrons. The standard InChI is InChI=1S/C29H28O2S2/c1-19(27(30)25-15-13-21-9-5-7-11-23(21)17-25)32-29(3,4)33-20(2)28(31)26-16-14-22-10-6-8-12-24(22)18-26/h5-20H,1-4H3. The van der Waals surface area contributed by atoms with Crippen LogP contribution in [0.25, 0.3) is 21.5 Å². The second kappa shape index (κ2) is 9.74. The number of carbonyl (C=O) groups is 2. The highest BCUT2D eigenvalue weighted by atomic mass is 32.2. The van der Waals surface area contributed by atoms with Crippen molar-refractivity contribution in [1.82, 2.24) is 0 Å². The molecule has 0 N–H and O–H groups in total. The first-order chi connectivity index (χ1) is 15.7. The molecule has 0 amide bonds. The van der Waals surface area contributed by atoms with Crippen molar-refractivity contribution in [3.05, 3.63) is 96.1 Å². The fourth-order valence-corrected chi connectivity index (χ4v) is 7.42. The molecule has 0 aromatic heterocycles. The van der Waals surface area contributed by atoms with E-state index < -0.39 is 0 Å². The van der Waals surface area contributed by atoms with Crippen molar-refractivity contribution in [2.75, 3.05) is 0 Å². The quantitative estimate of drug-likeness (QED) is 0.192. The molecule has 33 heavy (non-hydrogen) atoms. The van der Waals surface area contributed by atoms with E-state index >= 15 is 0 Å². The first kappa shape index (κ1) is 23.6. The van der Waals surface area contributed by atoms with Gasteiger partial charge in [0.1, 0.15) is 0 Å². The Kier molecular flexibility index (Phi) is 6.96. The largest absolute Gasteiger partial charge is 0.293 e.